The molecule has 0 aliphatic rings. The third-order valence-electron chi connectivity index (χ3n) is 4.82. The zero-order valence-corrected chi connectivity index (χ0v) is 20.1. The number of carboxylic acid groups (broad SMARTS) is 3. The van der Waals surface area contributed by atoms with Gasteiger partial charge in [0.25, 0.3) is 0 Å². The summed E-state index contributed by atoms with van der Waals surface area (Å²) in [4.78, 5) is 74.9. The van der Waals surface area contributed by atoms with E-state index in [1.54, 1.807) is 13.8 Å². The Morgan fingerprint density at radius 3 is 1.86 bits per heavy atom. The second-order valence-corrected chi connectivity index (χ2v) is 8.28. The SMILES string of the molecule is CC(C)C(NC(=O)C(N)CCCN=C(N)N)C(=O)NC(CC(=O)O)C(=O)NC(CCC(=O)O)C(=O)O. The monoisotopic (exact) mass is 517 g/mol. The van der Waals surface area contributed by atoms with Gasteiger partial charge in [-0.15, -0.1) is 0 Å². The number of aliphatic carboxylic acids is 3. The van der Waals surface area contributed by atoms with Gasteiger partial charge in [-0.25, -0.2) is 4.79 Å². The number of guanidine groups is 1. The van der Waals surface area contributed by atoms with Crippen LogP contribution in [0, 0.1) is 5.92 Å². The van der Waals surface area contributed by atoms with Gasteiger partial charge < -0.3 is 48.5 Å². The van der Waals surface area contributed by atoms with Crippen LogP contribution in [-0.2, 0) is 28.8 Å². The van der Waals surface area contributed by atoms with Crippen LogP contribution in [0.15, 0.2) is 4.99 Å². The van der Waals surface area contributed by atoms with Crippen molar-refractivity contribution in [2.24, 2.45) is 28.1 Å². The number of hydrogen-bond donors (Lipinski definition) is 9. The van der Waals surface area contributed by atoms with Gasteiger partial charge in [-0.2, -0.15) is 0 Å². The van der Waals surface area contributed by atoms with Crippen molar-refractivity contribution in [3.05, 3.63) is 0 Å². The third kappa shape index (κ3) is 13.1. The number of nitrogens with zero attached hydrogens (tertiary/aromatic N) is 1. The van der Waals surface area contributed by atoms with Crippen molar-refractivity contribution in [2.45, 2.75) is 70.1 Å². The van der Waals surface area contributed by atoms with Gasteiger partial charge in [0.1, 0.15) is 18.1 Å². The summed E-state index contributed by atoms with van der Waals surface area (Å²) in [5, 5.41) is 33.8. The van der Waals surface area contributed by atoms with Crippen LogP contribution in [0.5, 0.6) is 0 Å². The largest absolute Gasteiger partial charge is 0.481 e. The summed E-state index contributed by atoms with van der Waals surface area (Å²) in [5.74, 6) is -7.63. The number of hydrogen-bond acceptors (Lipinski definition) is 8. The molecule has 16 heteroatoms. The van der Waals surface area contributed by atoms with E-state index >= 15 is 0 Å². The molecule has 0 saturated heterocycles. The zero-order valence-electron chi connectivity index (χ0n) is 20.1. The fourth-order valence-electron chi connectivity index (χ4n) is 2.89. The second kappa shape index (κ2) is 15.9. The van der Waals surface area contributed by atoms with Crippen LogP contribution in [0.1, 0.15) is 46.0 Å². The molecule has 3 amide bonds. The first-order valence-corrected chi connectivity index (χ1v) is 11.0. The molecular formula is C20H35N7O9. The highest BCUT2D eigenvalue weighted by atomic mass is 16.4. The van der Waals surface area contributed by atoms with Crippen LogP contribution in [0.3, 0.4) is 0 Å². The predicted octanol–water partition coefficient (Wildman–Crippen LogP) is -3.10. The van der Waals surface area contributed by atoms with Gasteiger partial charge in [-0.1, -0.05) is 13.8 Å². The maximum atomic E-state index is 12.8. The number of amides is 3. The Hall–Kier alpha value is -3.95. The first-order valence-electron chi connectivity index (χ1n) is 11.0. The Morgan fingerprint density at radius 2 is 1.39 bits per heavy atom. The number of nitrogens with one attached hydrogen (secondary N) is 3. The van der Waals surface area contributed by atoms with E-state index < -0.39 is 85.0 Å². The van der Waals surface area contributed by atoms with Crippen molar-refractivity contribution in [2.75, 3.05) is 6.54 Å². The quantitative estimate of drug-likeness (QED) is 0.0526. The van der Waals surface area contributed by atoms with Crippen molar-refractivity contribution >= 4 is 41.6 Å². The number of carbonyl (C=O) groups is 6. The second-order valence-electron chi connectivity index (χ2n) is 8.28. The normalized spacial score (nSPS) is 14.0. The Bertz CT molecular complexity index is 843. The molecule has 0 spiro atoms. The number of nitrogens with two attached hydrogens (primary N) is 3. The van der Waals surface area contributed by atoms with E-state index in [1.165, 1.54) is 0 Å². The van der Waals surface area contributed by atoms with Crippen molar-refractivity contribution in [3.8, 4) is 0 Å². The maximum absolute atomic E-state index is 12.8. The summed E-state index contributed by atoms with van der Waals surface area (Å²) in [6, 6.07) is -5.53. The molecule has 0 aromatic carbocycles. The molecule has 12 N–H and O–H groups in total. The first-order chi connectivity index (χ1) is 16.6. The average Bonchev–Trinajstić information content (AvgIpc) is 2.75. The van der Waals surface area contributed by atoms with Gasteiger partial charge in [0, 0.05) is 13.0 Å². The predicted molar refractivity (Wildman–Crippen MR) is 125 cm³/mol. The molecule has 36 heavy (non-hydrogen) atoms. The third-order valence-corrected chi connectivity index (χ3v) is 4.82. The molecule has 0 radical (unpaired) electrons. The van der Waals surface area contributed by atoms with Gasteiger partial charge in [-0.3, -0.25) is 29.0 Å². The lowest BCUT2D eigenvalue weighted by Crippen LogP contribution is -2.58. The minimum atomic E-state index is -1.70. The maximum Gasteiger partial charge on any atom is 0.326 e. The van der Waals surface area contributed by atoms with Gasteiger partial charge in [-0.05, 0) is 25.2 Å². The molecule has 4 unspecified atom stereocenters. The molecular weight excluding hydrogens is 482 g/mol. The first kappa shape index (κ1) is 32.0. The molecule has 0 aromatic heterocycles. The van der Waals surface area contributed by atoms with E-state index in [-0.39, 0.29) is 18.9 Å². The number of carbonyl (C=O) groups excluding carboxylic acids is 3. The molecule has 0 saturated carbocycles. The lowest BCUT2D eigenvalue weighted by Gasteiger charge is -2.26. The summed E-state index contributed by atoms with van der Waals surface area (Å²) in [6.45, 7) is 3.42. The summed E-state index contributed by atoms with van der Waals surface area (Å²) in [5.41, 5.74) is 16.3. The van der Waals surface area contributed by atoms with E-state index in [4.69, 9.17) is 27.4 Å². The fraction of sp³-hybridized carbons (Fsp3) is 0.650. The van der Waals surface area contributed by atoms with E-state index in [1.807, 2.05) is 5.32 Å². The molecule has 0 bridgehead atoms. The smallest absolute Gasteiger partial charge is 0.326 e. The van der Waals surface area contributed by atoms with Gasteiger partial charge in [0.2, 0.25) is 17.7 Å². The summed E-state index contributed by atoms with van der Waals surface area (Å²) in [7, 11) is 0. The van der Waals surface area contributed by atoms with Crippen molar-refractivity contribution in [1.82, 2.24) is 16.0 Å². The lowest BCUT2D eigenvalue weighted by molar-refractivity contribution is -0.144. The Balaban J connectivity index is 5.35. The molecule has 204 valence electrons. The molecule has 16 nitrogen and oxygen atoms in total. The van der Waals surface area contributed by atoms with E-state index in [0.29, 0.717) is 6.42 Å². The highest BCUT2D eigenvalue weighted by molar-refractivity contribution is 5.95. The highest BCUT2D eigenvalue weighted by Crippen LogP contribution is 2.07. The van der Waals surface area contributed by atoms with Gasteiger partial charge >= 0.3 is 17.9 Å². The summed E-state index contributed by atoms with van der Waals surface area (Å²) < 4.78 is 0. The van der Waals surface area contributed by atoms with Crippen LogP contribution in [0.25, 0.3) is 0 Å². The molecule has 0 fully saturated rings. The number of rotatable bonds is 17. The Morgan fingerprint density at radius 1 is 0.806 bits per heavy atom. The molecule has 0 aromatic rings. The lowest BCUT2D eigenvalue weighted by atomic mass is 10.0. The van der Waals surface area contributed by atoms with E-state index in [0.717, 1.165) is 0 Å². The molecule has 0 aliphatic carbocycles. The minimum Gasteiger partial charge on any atom is -0.481 e. The number of aliphatic imine (C=N–C) groups is 1. The zero-order chi connectivity index (χ0) is 28.0. The van der Waals surface area contributed by atoms with E-state index in [2.05, 4.69) is 15.6 Å². The van der Waals surface area contributed by atoms with Crippen LogP contribution in [0.4, 0.5) is 0 Å². The molecule has 4 atom stereocenters. The van der Waals surface area contributed by atoms with Gasteiger partial charge in [0.05, 0.1) is 12.5 Å². The topological polar surface area (TPSA) is 290 Å². The fourth-order valence-corrected chi connectivity index (χ4v) is 2.89. The highest BCUT2D eigenvalue weighted by Gasteiger charge is 2.32. The van der Waals surface area contributed by atoms with E-state index in [9.17, 15) is 33.9 Å². The molecule has 0 heterocycles. The average molecular weight is 518 g/mol. The number of carboxylic acids is 3. The van der Waals surface area contributed by atoms with Crippen LogP contribution in [0.2, 0.25) is 0 Å². The Labute approximate surface area is 207 Å². The van der Waals surface area contributed by atoms with Crippen LogP contribution in [-0.4, -0.2) is 87.6 Å². The standard InChI is InChI=1S/C20H35N7O9/c1-9(2)15(27-16(32)10(21)4-3-7-24-20(22)23)18(34)26-12(8-14(30)31)17(33)25-11(19(35)36)5-6-13(28)29/h9-12,15H,3-8,21H2,1-2H3,(H,25,33)(H,26,34)(H,27,32)(H,28,29)(H,30,31)(H,35,36)(H4,22,23,24). The molecule has 0 aliphatic heterocycles. The Kier molecular flexibility index (Phi) is 14.1. The van der Waals surface area contributed by atoms with Crippen molar-refractivity contribution < 1.29 is 44.1 Å². The summed E-state index contributed by atoms with van der Waals surface area (Å²) >= 11 is 0. The van der Waals surface area contributed by atoms with Crippen LogP contribution >= 0.6 is 0 Å². The van der Waals surface area contributed by atoms with Crippen molar-refractivity contribution in [3.63, 3.8) is 0 Å². The summed E-state index contributed by atoms with van der Waals surface area (Å²) in [6.07, 6.45) is -1.34. The minimum absolute atomic E-state index is 0.110. The molecule has 0 rings (SSSR count). The van der Waals surface area contributed by atoms with Crippen LogP contribution < -0.4 is 33.2 Å². The van der Waals surface area contributed by atoms with Gasteiger partial charge in [0.15, 0.2) is 5.96 Å². The van der Waals surface area contributed by atoms with Crippen molar-refractivity contribution in [1.29, 1.82) is 0 Å².